The average molecular weight is 169 g/mol. The van der Waals surface area contributed by atoms with Crippen LogP contribution in [0.3, 0.4) is 0 Å². The molecule has 0 aromatic carbocycles. The number of hydrogen-bond acceptors (Lipinski definition) is 1. The summed E-state index contributed by atoms with van der Waals surface area (Å²) in [5, 5.41) is 0. The number of rotatable bonds is 6. The van der Waals surface area contributed by atoms with Crippen molar-refractivity contribution in [3.8, 4) is 0 Å². The Hall–Kier alpha value is -0.460. The van der Waals surface area contributed by atoms with E-state index in [4.69, 9.17) is 0 Å². The standard InChI is InChI=1S/C11H23N/c1-5-8-12(9-6-2)10-11(4)7-3/h10H,5-9H2,1-4H3/b11-10+. The zero-order valence-corrected chi connectivity index (χ0v) is 9.06. The van der Waals surface area contributed by atoms with Crippen LogP contribution in [0.5, 0.6) is 0 Å². The summed E-state index contributed by atoms with van der Waals surface area (Å²) in [6, 6.07) is 0. The second-order valence-corrected chi connectivity index (χ2v) is 3.36. The molecule has 0 aliphatic rings. The Balaban J connectivity index is 3.92. The molecule has 0 spiro atoms. The number of allylic oxidation sites excluding steroid dienone is 1. The lowest BCUT2D eigenvalue weighted by atomic mass is 10.2. The molecule has 0 radical (unpaired) electrons. The molecule has 0 saturated carbocycles. The van der Waals surface area contributed by atoms with Crippen LogP contribution in [0.1, 0.15) is 47.0 Å². The van der Waals surface area contributed by atoms with Crippen molar-refractivity contribution < 1.29 is 0 Å². The van der Waals surface area contributed by atoms with Gasteiger partial charge in [-0.05, 0) is 32.4 Å². The van der Waals surface area contributed by atoms with E-state index in [2.05, 4.69) is 38.8 Å². The van der Waals surface area contributed by atoms with Gasteiger partial charge in [-0.3, -0.25) is 0 Å². The molecule has 0 amide bonds. The van der Waals surface area contributed by atoms with Crippen molar-refractivity contribution in [2.24, 2.45) is 0 Å². The zero-order valence-electron chi connectivity index (χ0n) is 9.06. The average Bonchev–Trinajstić information content (AvgIpc) is 2.05. The van der Waals surface area contributed by atoms with Crippen molar-refractivity contribution in [1.82, 2.24) is 4.90 Å². The topological polar surface area (TPSA) is 3.24 Å². The van der Waals surface area contributed by atoms with Crippen molar-refractivity contribution in [3.05, 3.63) is 11.8 Å². The molecule has 0 unspecified atom stereocenters. The zero-order chi connectivity index (χ0) is 9.40. The quantitative estimate of drug-likeness (QED) is 0.589. The van der Waals surface area contributed by atoms with Gasteiger partial charge in [-0.1, -0.05) is 26.3 Å². The minimum Gasteiger partial charge on any atom is -0.377 e. The molecule has 0 atom stereocenters. The normalized spacial score (nSPS) is 11.8. The summed E-state index contributed by atoms with van der Waals surface area (Å²) in [5.74, 6) is 0. The maximum atomic E-state index is 2.43. The predicted molar refractivity (Wildman–Crippen MR) is 56.2 cm³/mol. The van der Waals surface area contributed by atoms with E-state index < -0.39 is 0 Å². The van der Waals surface area contributed by atoms with Gasteiger partial charge in [0.05, 0.1) is 0 Å². The van der Waals surface area contributed by atoms with E-state index in [9.17, 15) is 0 Å². The maximum Gasteiger partial charge on any atom is 0.0169 e. The van der Waals surface area contributed by atoms with Crippen LogP contribution in [0.15, 0.2) is 11.8 Å². The largest absolute Gasteiger partial charge is 0.377 e. The molecule has 0 aromatic rings. The van der Waals surface area contributed by atoms with Crippen molar-refractivity contribution >= 4 is 0 Å². The van der Waals surface area contributed by atoms with Crippen molar-refractivity contribution in [2.45, 2.75) is 47.0 Å². The lowest BCUT2D eigenvalue weighted by Gasteiger charge is -2.19. The van der Waals surface area contributed by atoms with Crippen LogP contribution in [0.2, 0.25) is 0 Å². The summed E-state index contributed by atoms with van der Waals surface area (Å²) in [6.07, 6.45) is 5.97. The van der Waals surface area contributed by atoms with Gasteiger partial charge in [-0.25, -0.2) is 0 Å². The Labute approximate surface area is 77.5 Å². The van der Waals surface area contributed by atoms with Crippen molar-refractivity contribution in [1.29, 1.82) is 0 Å². The molecular weight excluding hydrogens is 146 g/mol. The molecule has 0 heterocycles. The summed E-state index contributed by atoms with van der Waals surface area (Å²) in [5.41, 5.74) is 1.48. The molecule has 0 N–H and O–H groups in total. The number of nitrogens with zero attached hydrogens (tertiary/aromatic N) is 1. The van der Waals surface area contributed by atoms with Crippen molar-refractivity contribution in [2.75, 3.05) is 13.1 Å². The Bertz CT molecular complexity index is 121. The van der Waals surface area contributed by atoms with E-state index in [0.29, 0.717) is 0 Å². The van der Waals surface area contributed by atoms with E-state index in [1.165, 1.54) is 37.9 Å². The lowest BCUT2D eigenvalue weighted by Crippen LogP contribution is -2.19. The van der Waals surface area contributed by atoms with Gasteiger partial charge in [0.15, 0.2) is 0 Å². The van der Waals surface area contributed by atoms with Crippen LogP contribution in [0.4, 0.5) is 0 Å². The van der Waals surface area contributed by atoms with Gasteiger partial charge >= 0.3 is 0 Å². The first kappa shape index (κ1) is 11.5. The summed E-state index contributed by atoms with van der Waals surface area (Å²) in [7, 11) is 0. The Morgan fingerprint density at radius 1 is 1.08 bits per heavy atom. The maximum absolute atomic E-state index is 2.43. The van der Waals surface area contributed by atoms with Crippen LogP contribution in [0, 0.1) is 0 Å². The highest BCUT2D eigenvalue weighted by atomic mass is 15.1. The Morgan fingerprint density at radius 3 is 1.92 bits per heavy atom. The second kappa shape index (κ2) is 7.20. The SMILES string of the molecule is CCCN(/C=C(\C)CC)CCC. The van der Waals surface area contributed by atoms with Crippen molar-refractivity contribution in [3.63, 3.8) is 0 Å². The predicted octanol–water partition coefficient (Wildman–Crippen LogP) is 3.42. The molecule has 12 heavy (non-hydrogen) atoms. The van der Waals surface area contributed by atoms with Crippen LogP contribution in [-0.4, -0.2) is 18.0 Å². The highest BCUT2D eigenvalue weighted by Crippen LogP contribution is 2.03. The van der Waals surface area contributed by atoms with E-state index in [0.717, 1.165) is 0 Å². The van der Waals surface area contributed by atoms with E-state index in [1.54, 1.807) is 0 Å². The molecule has 0 bridgehead atoms. The van der Waals surface area contributed by atoms with E-state index in [1.807, 2.05) is 0 Å². The van der Waals surface area contributed by atoms with E-state index in [-0.39, 0.29) is 0 Å². The third-order valence-electron chi connectivity index (χ3n) is 1.98. The van der Waals surface area contributed by atoms with Gasteiger partial charge in [-0.15, -0.1) is 0 Å². The van der Waals surface area contributed by atoms with E-state index >= 15 is 0 Å². The highest BCUT2D eigenvalue weighted by molar-refractivity contribution is 4.96. The molecule has 0 rings (SSSR count). The van der Waals surface area contributed by atoms with Crippen LogP contribution >= 0.6 is 0 Å². The van der Waals surface area contributed by atoms with Gasteiger partial charge < -0.3 is 4.90 Å². The summed E-state index contributed by atoms with van der Waals surface area (Å²) < 4.78 is 0. The van der Waals surface area contributed by atoms with Gasteiger partial charge in [0.25, 0.3) is 0 Å². The van der Waals surface area contributed by atoms with Crippen LogP contribution in [-0.2, 0) is 0 Å². The molecule has 0 aliphatic carbocycles. The minimum absolute atomic E-state index is 1.17. The fourth-order valence-electron chi connectivity index (χ4n) is 1.22. The smallest absolute Gasteiger partial charge is 0.0169 e. The first-order valence-corrected chi connectivity index (χ1v) is 5.15. The molecule has 1 nitrogen and oxygen atoms in total. The molecule has 1 heteroatoms. The van der Waals surface area contributed by atoms with Gasteiger partial charge in [0.1, 0.15) is 0 Å². The minimum atomic E-state index is 1.17. The lowest BCUT2D eigenvalue weighted by molar-refractivity contribution is 0.372. The third kappa shape index (κ3) is 5.22. The Morgan fingerprint density at radius 2 is 1.58 bits per heavy atom. The highest BCUT2D eigenvalue weighted by Gasteiger charge is 1.96. The first-order valence-electron chi connectivity index (χ1n) is 5.15. The van der Waals surface area contributed by atoms with Gasteiger partial charge in [0, 0.05) is 13.1 Å². The summed E-state index contributed by atoms with van der Waals surface area (Å²) in [6.45, 7) is 11.3. The monoisotopic (exact) mass is 169 g/mol. The van der Waals surface area contributed by atoms with Crippen LogP contribution < -0.4 is 0 Å². The Kier molecular flexibility index (Phi) is 6.93. The molecule has 72 valence electrons. The first-order chi connectivity index (χ1) is 5.74. The molecule has 0 saturated heterocycles. The fraction of sp³-hybridized carbons (Fsp3) is 0.818. The van der Waals surface area contributed by atoms with Crippen LogP contribution in [0.25, 0.3) is 0 Å². The third-order valence-corrected chi connectivity index (χ3v) is 1.98. The van der Waals surface area contributed by atoms with Gasteiger partial charge in [0.2, 0.25) is 0 Å². The fourth-order valence-corrected chi connectivity index (χ4v) is 1.22. The molecule has 0 fully saturated rings. The number of hydrogen-bond donors (Lipinski definition) is 0. The summed E-state index contributed by atoms with van der Waals surface area (Å²) in [4.78, 5) is 2.43. The summed E-state index contributed by atoms with van der Waals surface area (Å²) >= 11 is 0. The molecule has 0 aromatic heterocycles. The molecule has 0 aliphatic heterocycles. The molecular formula is C11H23N. The van der Waals surface area contributed by atoms with Gasteiger partial charge in [-0.2, -0.15) is 0 Å². The second-order valence-electron chi connectivity index (χ2n) is 3.36.